The zero-order valence-electron chi connectivity index (χ0n) is 23.3. The van der Waals surface area contributed by atoms with Crippen molar-refractivity contribution < 1.29 is 14.0 Å². The van der Waals surface area contributed by atoms with E-state index in [1.165, 1.54) is 12.1 Å². The molecule has 0 aliphatic carbocycles. The maximum absolute atomic E-state index is 14.0. The van der Waals surface area contributed by atoms with Gasteiger partial charge in [0, 0.05) is 23.6 Å². The van der Waals surface area contributed by atoms with Crippen LogP contribution in [0.5, 0.6) is 0 Å². The first-order chi connectivity index (χ1) is 18.5. The molecule has 1 aliphatic heterocycles. The number of halogens is 1. The van der Waals surface area contributed by atoms with Crippen LogP contribution in [0.3, 0.4) is 0 Å². The molecule has 0 radical (unpaired) electrons. The molecule has 1 unspecified atom stereocenters. The van der Waals surface area contributed by atoms with Crippen LogP contribution < -0.4 is 10.9 Å². The van der Waals surface area contributed by atoms with Gasteiger partial charge < -0.3 is 10.2 Å². The van der Waals surface area contributed by atoms with Crippen molar-refractivity contribution in [1.29, 1.82) is 0 Å². The summed E-state index contributed by atoms with van der Waals surface area (Å²) >= 11 is 0. The van der Waals surface area contributed by atoms with Crippen molar-refractivity contribution in [3.63, 3.8) is 0 Å². The van der Waals surface area contributed by atoms with E-state index < -0.39 is 0 Å². The number of carbonyl (C=O) groups is 2. The summed E-state index contributed by atoms with van der Waals surface area (Å²) in [4.78, 5) is 40.6. The monoisotopic (exact) mass is 532 g/mol. The average molecular weight is 533 g/mol. The van der Waals surface area contributed by atoms with Gasteiger partial charge in [0.25, 0.3) is 11.5 Å². The Hall–Kier alpha value is -3.81. The summed E-state index contributed by atoms with van der Waals surface area (Å²) in [6.07, 6.45) is 2.89. The number of benzene rings is 2. The van der Waals surface area contributed by atoms with Gasteiger partial charge in [-0.1, -0.05) is 39.0 Å². The maximum Gasteiger partial charge on any atom is 0.267 e. The van der Waals surface area contributed by atoms with Crippen molar-refractivity contribution >= 4 is 11.8 Å². The molecule has 4 rings (SSSR count). The van der Waals surface area contributed by atoms with Crippen LogP contribution in [0.25, 0.3) is 0 Å². The van der Waals surface area contributed by atoms with Gasteiger partial charge in [-0.05, 0) is 85.5 Å². The van der Waals surface area contributed by atoms with Crippen LogP contribution in [0.15, 0.2) is 53.3 Å². The number of rotatable bonds is 8. The highest BCUT2D eigenvalue weighted by atomic mass is 19.1. The molecule has 2 amide bonds. The first-order valence-corrected chi connectivity index (χ1v) is 13.5. The molecule has 0 saturated carbocycles. The van der Waals surface area contributed by atoms with Gasteiger partial charge >= 0.3 is 0 Å². The van der Waals surface area contributed by atoms with Crippen LogP contribution in [0.4, 0.5) is 4.39 Å². The minimum atomic E-state index is -0.344. The molecule has 39 heavy (non-hydrogen) atoms. The van der Waals surface area contributed by atoms with Crippen LogP contribution in [0.1, 0.15) is 84.4 Å². The van der Waals surface area contributed by atoms with Crippen LogP contribution in [-0.4, -0.2) is 39.5 Å². The SMILES string of the molecule is CCC(C)(C)C1CC[C@@H](c2cccc(F)c2)N1C(=O)CNC(=O)c1ccc(Cc2cc(C)n[nH]c2=O)c(C)c1. The summed E-state index contributed by atoms with van der Waals surface area (Å²) in [5.41, 5.74) is 4.00. The van der Waals surface area contributed by atoms with Crippen LogP contribution in [0, 0.1) is 25.1 Å². The maximum atomic E-state index is 14.0. The first-order valence-electron chi connectivity index (χ1n) is 13.5. The molecule has 2 atom stereocenters. The topological polar surface area (TPSA) is 95.2 Å². The molecule has 3 aromatic rings. The predicted molar refractivity (Wildman–Crippen MR) is 149 cm³/mol. The number of likely N-dealkylation sites (tertiary alicyclic amines) is 1. The van der Waals surface area contributed by atoms with E-state index in [0.717, 1.165) is 41.6 Å². The molecule has 206 valence electrons. The summed E-state index contributed by atoms with van der Waals surface area (Å²) in [6.45, 7) is 9.97. The zero-order valence-corrected chi connectivity index (χ0v) is 23.3. The number of aryl methyl sites for hydroxylation is 2. The van der Waals surface area contributed by atoms with Gasteiger partial charge in [0.05, 0.1) is 18.3 Å². The second-order valence-corrected chi connectivity index (χ2v) is 11.2. The molecule has 1 aromatic heterocycles. The second kappa shape index (κ2) is 11.5. The lowest BCUT2D eigenvalue weighted by Crippen LogP contribution is -2.48. The Labute approximate surface area is 228 Å². The van der Waals surface area contributed by atoms with E-state index >= 15 is 0 Å². The molecular formula is C31H37FN4O3. The fraction of sp³-hybridized carbons (Fsp3) is 0.419. The first kappa shape index (κ1) is 28.2. The number of nitrogens with zero attached hydrogens (tertiary/aromatic N) is 2. The van der Waals surface area contributed by atoms with Gasteiger partial charge in [-0.3, -0.25) is 14.4 Å². The van der Waals surface area contributed by atoms with E-state index in [2.05, 4.69) is 36.3 Å². The standard InChI is InChI=1S/C31H37FN4O3/c1-6-31(4,5)27-13-12-26(22-8-7-9-25(32)17-22)36(27)28(37)18-33-29(38)23-11-10-21(19(2)14-23)16-24-15-20(3)34-35-30(24)39/h7-11,14-15,17,26-27H,6,12-13,16,18H2,1-5H3,(H,33,38)(H,35,39)/t26-,27?/m0/s1. The third-order valence-corrected chi connectivity index (χ3v) is 8.11. The number of hydrogen-bond acceptors (Lipinski definition) is 4. The summed E-state index contributed by atoms with van der Waals surface area (Å²) < 4.78 is 14.0. The third kappa shape index (κ3) is 6.27. The number of carbonyl (C=O) groups excluding carboxylic acids is 2. The van der Waals surface area contributed by atoms with Gasteiger partial charge in [-0.2, -0.15) is 5.10 Å². The smallest absolute Gasteiger partial charge is 0.267 e. The largest absolute Gasteiger partial charge is 0.343 e. The van der Waals surface area contributed by atoms with Crippen molar-refractivity contribution in [2.24, 2.45) is 5.41 Å². The molecule has 2 aromatic carbocycles. The molecule has 7 nitrogen and oxygen atoms in total. The molecule has 8 heteroatoms. The zero-order chi connectivity index (χ0) is 28.3. The lowest BCUT2D eigenvalue weighted by molar-refractivity contribution is -0.135. The molecule has 2 N–H and O–H groups in total. The fourth-order valence-corrected chi connectivity index (χ4v) is 5.48. The van der Waals surface area contributed by atoms with Crippen molar-refractivity contribution in [1.82, 2.24) is 20.4 Å². The lowest BCUT2D eigenvalue weighted by atomic mass is 9.80. The number of amides is 2. The van der Waals surface area contributed by atoms with Crippen LogP contribution in [0.2, 0.25) is 0 Å². The van der Waals surface area contributed by atoms with Gasteiger partial charge in [0.1, 0.15) is 5.82 Å². The number of aromatic amines is 1. The minimum Gasteiger partial charge on any atom is -0.343 e. The Morgan fingerprint density at radius 3 is 2.56 bits per heavy atom. The van der Waals surface area contributed by atoms with Gasteiger partial charge in [0.2, 0.25) is 5.91 Å². The minimum absolute atomic E-state index is 0.0123. The average Bonchev–Trinajstić information content (AvgIpc) is 3.37. The quantitative estimate of drug-likeness (QED) is 0.426. The highest BCUT2D eigenvalue weighted by Crippen LogP contribution is 2.44. The van der Waals surface area contributed by atoms with Crippen molar-refractivity contribution in [2.45, 2.75) is 72.4 Å². The van der Waals surface area contributed by atoms with Gasteiger partial charge in [0.15, 0.2) is 0 Å². The summed E-state index contributed by atoms with van der Waals surface area (Å²) in [6, 6.07) is 13.3. The van der Waals surface area contributed by atoms with Gasteiger partial charge in [-0.15, -0.1) is 0 Å². The molecule has 0 spiro atoms. The van der Waals surface area contributed by atoms with E-state index in [9.17, 15) is 18.8 Å². The molecule has 0 bridgehead atoms. The molecule has 2 heterocycles. The molecular weight excluding hydrogens is 495 g/mol. The van der Waals surface area contributed by atoms with Crippen molar-refractivity contribution in [2.75, 3.05) is 6.54 Å². The van der Waals surface area contributed by atoms with Crippen LogP contribution in [-0.2, 0) is 11.2 Å². The van der Waals surface area contributed by atoms with Crippen molar-refractivity contribution in [3.8, 4) is 0 Å². The van der Waals surface area contributed by atoms with Crippen LogP contribution >= 0.6 is 0 Å². The number of H-pyrrole nitrogens is 1. The Morgan fingerprint density at radius 1 is 1.10 bits per heavy atom. The number of aromatic nitrogens is 2. The number of nitrogens with one attached hydrogen (secondary N) is 2. The summed E-state index contributed by atoms with van der Waals surface area (Å²) in [7, 11) is 0. The molecule has 1 saturated heterocycles. The Bertz CT molecular complexity index is 1430. The highest BCUT2D eigenvalue weighted by molar-refractivity contribution is 5.96. The second-order valence-electron chi connectivity index (χ2n) is 11.2. The lowest BCUT2D eigenvalue weighted by Gasteiger charge is -2.40. The molecule has 1 fully saturated rings. The number of hydrogen-bond donors (Lipinski definition) is 2. The third-order valence-electron chi connectivity index (χ3n) is 8.11. The summed E-state index contributed by atoms with van der Waals surface area (Å²) in [5.74, 6) is -0.848. The van der Waals surface area contributed by atoms with Crippen molar-refractivity contribution in [3.05, 3.63) is 98.2 Å². The Morgan fingerprint density at radius 2 is 1.87 bits per heavy atom. The normalized spacial score (nSPS) is 17.3. The van der Waals surface area contributed by atoms with E-state index in [0.29, 0.717) is 17.5 Å². The summed E-state index contributed by atoms with van der Waals surface area (Å²) in [5, 5.41) is 9.20. The molecule has 1 aliphatic rings. The van der Waals surface area contributed by atoms with Gasteiger partial charge in [-0.25, -0.2) is 9.49 Å². The van der Waals surface area contributed by atoms with E-state index in [4.69, 9.17) is 0 Å². The predicted octanol–water partition coefficient (Wildman–Crippen LogP) is 5.01. The van der Waals surface area contributed by atoms with E-state index in [1.807, 2.05) is 30.9 Å². The Balaban J connectivity index is 1.48. The Kier molecular flexibility index (Phi) is 8.33. The fourth-order valence-electron chi connectivity index (χ4n) is 5.48. The van der Waals surface area contributed by atoms with E-state index in [1.54, 1.807) is 24.3 Å². The van der Waals surface area contributed by atoms with E-state index in [-0.39, 0.29) is 47.2 Å². The highest BCUT2D eigenvalue weighted by Gasteiger charge is 2.44.